The Morgan fingerprint density at radius 3 is 2.42 bits per heavy atom. The molecule has 5 rings (SSSR count). The van der Waals surface area contributed by atoms with E-state index in [-0.39, 0.29) is 17.8 Å². The number of ether oxygens (including phenoxy) is 2. The van der Waals surface area contributed by atoms with Crippen molar-refractivity contribution >= 4 is 5.91 Å². The third kappa shape index (κ3) is 5.54. The molecule has 1 aromatic heterocycles. The minimum Gasteiger partial charge on any atom is -0.493 e. The van der Waals surface area contributed by atoms with E-state index < -0.39 is 0 Å². The summed E-state index contributed by atoms with van der Waals surface area (Å²) in [5.74, 6) is 0.975. The molecule has 1 aliphatic rings. The van der Waals surface area contributed by atoms with Crippen LogP contribution in [0.3, 0.4) is 0 Å². The zero-order chi connectivity index (χ0) is 24.9. The molecule has 5 nitrogen and oxygen atoms in total. The molecule has 0 N–H and O–H groups in total. The van der Waals surface area contributed by atoms with Crippen LogP contribution in [0.5, 0.6) is 11.5 Å². The van der Waals surface area contributed by atoms with Gasteiger partial charge in [0.25, 0.3) is 5.91 Å². The summed E-state index contributed by atoms with van der Waals surface area (Å²) in [6.07, 6.45) is 5.45. The second-order valence-corrected chi connectivity index (χ2v) is 8.88. The standard InChI is InChI=1S/C30H27FN2O3/c1-35-28-12-5-22(17-29(28)36-20-21-13-15-32-16-14-21)19-33(27-10-11-27)30(34)25-4-2-3-24(18-25)23-6-8-26(31)9-7-23/h2-9,12-18,27H,10-11,19-20H2,1H3. The smallest absolute Gasteiger partial charge is 0.254 e. The number of nitrogens with zero attached hydrogens (tertiary/aromatic N) is 2. The molecule has 1 heterocycles. The third-order valence-electron chi connectivity index (χ3n) is 6.26. The summed E-state index contributed by atoms with van der Waals surface area (Å²) < 4.78 is 24.9. The molecule has 1 fully saturated rings. The summed E-state index contributed by atoms with van der Waals surface area (Å²) in [6.45, 7) is 0.865. The van der Waals surface area contributed by atoms with E-state index in [1.165, 1.54) is 12.1 Å². The molecule has 6 heteroatoms. The van der Waals surface area contributed by atoms with Crippen LogP contribution >= 0.6 is 0 Å². The lowest BCUT2D eigenvalue weighted by molar-refractivity contribution is 0.0729. The van der Waals surface area contributed by atoms with Gasteiger partial charge in [0.05, 0.1) is 7.11 Å². The lowest BCUT2D eigenvalue weighted by Crippen LogP contribution is -2.32. The predicted molar refractivity (Wildman–Crippen MR) is 136 cm³/mol. The quantitative estimate of drug-likeness (QED) is 0.282. The van der Waals surface area contributed by atoms with Gasteiger partial charge in [-0.2, -0.15) is 0 Å². The van der Waals surface area contributed by atoms with Gasteiger partial charge < -0.3 is 14.4 Å². The number of methoxy groups -OCH3 is 1. The molecule has 0 spiro atoms. The van der Waals surface area contributed by atoms with Crippen LogP contribution < -0.4 is 9.47 Å². The van der Waals surface area contributed by atoms with E-state index >= 15 is 0 Å². The summed E-state index contributed by atoms with van der Waals surface area (Å²) in [4.78, 5) is 19.6. The summed E-state index contributed by atoms with van der Waals surface area (Å²) in [5, 5.41) is 0. The number of benzene rings is 3. The number of rotatable bonds is 9. The average Bonchev–Trinajstić information content (AvgIpc) is 3.77. The van der Waals surface area contributed by atoms with Gasteiger partial charge in [0, 0.05) is 30.5 Å². The molecule has 182 valence electrons. The number of pyridine rings is 1. The van der Waals surface area contributed by atoms with E-state index in [1.807, 2.05) is 59.5 Å². The topological polar surface area (TPSA) is 51.7 Å². The van der Waals surface area contributed by atoms with E-state index in [4.69, 9.17) is 9.47 Å². The van der Waals surface area contributed by atoms with Crippen LogP contribution in [0.15, 0.2) is 91.3 Å². The van der Waals surface area contributed by atoms with Gasteiger partial charge in [-0.1, -0.05) is 30.3 Å². The minimum absolute atomic E-state index is 0.0171. The maximum atomic E-state index is 13.6. The highest BCUT2D eigenvalue weighted by Gasteiger charge is 2.33. The number of hydrogen-bond acceptors (Lipinski definition) is 4. The molecule has 0 aliphatic heterocycles. The molecule has 0 saturated heterocycles. The van der Waals surface area contributed by atoms with Gasteiger partial charge in [0.2, 0.25) is 0 Å². The molecule has 1 aliphatic carbocycles. The van der Waals surface area contributed by atoms with Crippen LogP contribution in [-0.4, -0.2) is 28.9 Å². The Morgan fingerprint density at radius 2 is 1.69 bits per heavy atom. The fourth-order valence-corrected chi connectivity index (χ4v) is 4.16. The lowest BCUT2D eigenvalue weighted by atomic mass is 10.0. The van der Waals surface area contributed by atoms with Gasteiger partial charge in [-0.3, -0.25) is 9.78 Å². The first-order valence-corrected chi connectivity index (χ1v) is 12.0. The van der Waals surface area contributed by atoms with Gasteiger partial charge in [-0.25, -0.2) is 4.39 Å². The molecule has 0 radical (unpaired) electrons. The van der Waals surface area contributed by atoms with Crippen molar-refractivity contribution in [3.63, 3.8) is 0 Å². The molecular formula is C30H27FN2O3. The molecule has 4 aromatic rings. The molecule has 0 atom stereocenters. The van der Waals surface area contributed by atoms with Crippen LogP contribution in [0.1, 0.15) is 34.3 Å². The summed E-state index contributed by atoms with van der Waals surface area (Å²) in [5.41, 5.74) is 4.35. The highest BCUT2D eigenvalue weighted by atomic mass is 19.1. The molecule has 1 saturated carbocycles. The van der Waals surface area contributed by atoms with Crippen LogP contribution in [0.2, 0.25) is 0 Å². The summed E-state index contributed by atoms with van der Waals surface area (Å²) in [6, 6.07) is 23.6. The number of carbonyl (C=O) groups excluding carboxylic acids is 1. The highest BCUT2D eigenvalue weighted by Crippen LogP contribution is 2.33. The normalized spacial score (nSPS) is 12.7. The molecule has 0 unspecified atom stereocenters. The van der Waals surface area contributed by atoms with Gasteiger partial charge in [-0.05, 0) is 83.6 Å². The van der Waals surface area contributed by atoms with Crippen molar-refractivity contribution in [3.05, 3.63) is 114 Å². The largest absolute Gasteiger partial charge is 0.493 e. The van der Waals surface area contributed by atoms with Crippen molar-refractivity contribution in [1.82, 2.24) is 9.88 Å². The fraction of sp³-hybridized carbons (Fsp3) is 0.200. The molecular weight excluding hydrogens is 455 g/mol. The van der Waals surface area contributed by atoms with Crippen LogP contribution in [0.25, 0.3) is 11.1 Å². The van der Waals surface area contributed by atoms with Crippen molar-refractivity contribution in [2.45, 2.75) is 32.0 Å². The Labute approximate surface area is 210 Å². The Balaban J connectivity index is 1.35. The maximum absolute atomic E-state index is 13.6. The minimum atomic E-state index is -0.283. The van der Waals surface area contributed by atoms with Gasteiger partial charge in [-0.15, -0.1) is 0 Å². The summed E-state index contributed by atoms with van der Waals surface area (Å²) in [7, 11) is 1.61. The number of carbonyl (C=O) groups is 1. The Hall–Kier alpha value is -4.19. The van der Waals surface area contributed by atoms with Crippen molar-refractivity contribution in [2.75, 3.05) is 7.11 Å². The van der Waals surface area contributed by atoms with E-state index in [2.05, 4.69) is 4.98 Å². The summed E-state index contributed by atoms with van der Waals surface area (Å²) >= 11 is 0. The third-order valence-corrected chi connectivity index (χ3v) is 6.26. The SMILES string of the molecule is COc1ccc(CN(C(=O)c2cccc(-c3ccc(F)cc3)c2)C2CC2)cc1OCc1ccncc1. The molecule has 36 heavy (non-hydrogen) atoms. The van der Waals surface area contributed by atoms with Crippen molar-refractivity contribution < 1.29 is 18.7 Å². The van der Waals surface area contributed by atoms with Gasteiger partial charge >= 0.3 is 0 Å². The van der Waals surface area contributed by atoms with Crippen molar-refractivity contribution in [1.29, 1.82) is 0 Å². The predicted octanol–water partition coefficient (Wildman–Crippen LogP) is 6.28. The highest BCUT2D eigenvalue weighted by molar-refractivity contribution is 5.96. The van der Waals surface area contributed by atoms with Crippen LogP contribution in [0, 0.1) is 5.82 Å². The second-order valence-electron chi connectivity index (χ2n) is 8.88. The number of aromatic nitrogens is 1. The maximum Gasteiger partial charge on any atom is 0.254 e. The zero-order valence-electron chi connectivity index (χ0n) is 20.1. The van der Waals surface area contributed by atoms with E-state index in [0.29, 0.717) is 30.2 Å². The van der Waals surface area contributed by atoms with E-state index in [0.717, 1.165) is 35.1 Å². The van der Waals surface area contributed by atoms with Crippen molar-refractivity contribution in [3.8, 4) is 22.6 Å². The average molecular weight is 483 g/mol. The lowest BCUT2D eigenvalue weighted by Gasteiger charge is -2.23. The van der Waals surface area contributed by atoms with Crippen LogP contribution in [0.4, 0.5) is 4.39 Å². The fourth-order valence-electron chi connectivity index (χ4n) is 4.16. The number of hydrogen-bond donors (Lipinski definition) is 0. The molecule has 1 amide bonds. The van der Waals surface area contributed by atoms with Gasteiger partial charge in [0.1, 0.15) is 12.4 Å². The Bertz CT molecular complexity index is 1340. The monoisotopic (exact) mass is 482 g/mol. The van der Waals surface area contributed by atoms with Crippen LogP contribution in [-0.2, 0) is 13.2 Å². The first-order chi connectivity index (χ1) is 17.6. The number of halogens is 1. The number of amides is 1. The Morgan fingerprint density at radius 1 is 0.917 bits per heavy atom. The molecule has 0 bridgehead atoms. The van der Waals surface area contributed by atoms with Crippen molar-refractivity contribution in [2.24, 2.45) is 0 Å². The van der Waals surface area contributed by atoms with Gasteiger partial charge in [0.15, 0.2) is 11.5 Å². The molecule has 3 aromatic carbocycles. The Kier molecular flexibility index (Phi) is 6.94. The first kappa shape index (κ1) is 23.5. The van der Waals surface area contributed by atoms with E-state index in [9.17, 15) is 9.18 Å². The van der Waals surface area contributed by atoms with E-state index in [1.54, 1.807) is 31.6 Å². The second kappa shape index (κ2) is 10.6. The first-order valence-electron chi connectivity index (χ1n) is 12.0. The zero-order valence-corrected chi connectivity index (χ0v) is 20.1.